The molecule has 3 rings (SSSR count). The number of carbonyl (C=O) groups is 1. The van der Waals surface area contributed by atoms with E-state index in [0.29, 0.717) is 17.0 Å². The first-order valence-electron chi connectivity index (χ1n) is 7.50. The number of rotatable bonds is 5. The number of anilines is 1. The van der Waals surface area contributed by atoms with Gasteiger partial charge in [0.1, 0.15) is 11.3 Å². The molecule has 0 atom stereocenters. The fourth-order valence-corrected chi connectivity index (χ4v) is 3.00. The van der Waals surface area contributed by atoms with E-state index in [1.165, 1.54) is 12.1 Å². The fraction of sp³-hybridized carbons (Fsp3) is 0.111. The summed E-state index contributed by atoms with van der Waals surface area (Å²) < 4.78 is 28.7. The Morgan fingerprint density at radius 2 is 1.88 bits per heavy atom. The van der Waals surface area contributed by atoms with Crippen LogP contribution in [0.1, 0.15) is 0 Å². The lowest BCUT2D eigenvalue weighted by Gasteiger charge is -2.10. The molecule has 6 nitrogen and oxygen atoms in total. The second-order valence-corrected chi connectivity index (χ2v) is 7.48. The molecule has 1 N–H and O–H groups in total. The molecular formula is C18H16N2O4S. The van der Waals surface area contributed by atoms with Crippen molar-refractivity contribution in [3.63, 3.8) is 0 Å². The second kappa shape index (κ2) is 6.90. The molecule has 0 saturated carbocycles. The number of amides is 1. The molecule has 1 heterocycles. The van der Waals surface area contributed by atoms with E-state index in [1.54, 1.807) is 24.4 Å². The lowest BCUT2D eigenvalue weighted by Crippen LogP contribution is -2.20. The van der Waals surface area contributed by atoms with Crippen molar-refractivity contribution < 1.29 is 17.9 Å². The third-order valence-electron chi connectivity index (χ3n) is 3.50. The molecule has 0 unspecified atom stereocenters. The summed E-state index contributed by atoms with van der Waals surface area (Å²) in [6, 6.07) is 15.3. The highest BCUT2D eigenvalue weighted by atomic mass is 32.2. The van der Waals surface area contributed by atoms with E-state index in [4.69, 9.17) is 4.74 Å². The normalized spacial score (nSPS) is 11.2. The topological polar surface area (TPSA) is 85.4 Å². The smallest absolute Gasteiger partial charge is 0.262 e. The number of fused-ring (bicyclic) bond motifs is 1. The van der Waals surface area contributed by atoms with Crippen LogP contribution in [0, 0.1) is 0 Å². The van der Waals surface area contributed by atoms with Crippen LogP contribution >= 0.6 is 0 Å². The maximum Gasteiger partial charge on any atom is 0.262 e. The van der Waals surface area contributed by atoms with Gasteiger partial charge in [-0.2, -0.15) is 0 Å². The van der Waals surface area contributed by atoms with Crippen molar-refractivity contribution in [1.29, 1.82) is 0 Å². The van der Waals surface area contributed by atoms with Crippen molar-refractivity contribution in [2.24, 2.45) is 0 Å². The van der Waals surface area contributed by atoms with Crippen molar-refractivity contribution in [3.05, 3.63) is 60.8 Å². The third kappa shape index (κ3) is 4.13. The number of sulfone groups is 1. The van der Waals surface area contributed by atoms with Crippen molar-refractivity contribution in [3.8, 4) is 5.75 Å². The lowest BCUT2D eigenvalue weighted by molar-refractivity contribution is -0.118. The Morgan fingerprint density at radius 3 is 2.68 bits per heavy atom. The maximum absolute atomic E-state index is 12.1. The Labute approximate surface area is 145 Å². The molecule has 0 spiro atoms. The molecule has 128 valence electrons. The third-order valence-corrected chi connectivity index (χ3v) is 4.61. The van der Waals surface area contributed by atoms with Crippen molar-refractivity contribution >= 4 is 32.3 Å². The number of para-hydroxylation sites is 1. The number of nitrogens with zero attached hydrogens (tertiary/aromatic N) is 1. The standard InChI is InChI=1S/C18H16N2O4S/c1-25(22,23)15-8-3-7-14(11-15)20-17(21)12-24-16-9-2-5-13-6-4-10-19-18(13)16/h2-11H,12H2,1H3,(H,20,21). The molecule has 0 aliphatic carbocycles. The van der Waals surface area contributed by atoms with Gasteiger partial charge in [-0.15, -0.1) is 0 Å². The summed E-state index contributed by atoms with van der Waals surface area (Å²) in [7, 11) is -3.33. The molecule has 0 bridgehead atoms. The van der Waals surface area contributed by atoms with Gasteiger partial charge in [-0.05, 0) is 30.3 Å². The van der Waals surface area contributed by atoms with E-state index in [1.807, 2.05) is 24.3 Å². The number of carbonyl (C=O) groups excluding carboxylic acids is 1. The van der Waals surface area contributed by atoms with Gasteiger partial charge >= 0.3 is 0 Å². The van der Waals surface area contributed by atoms with E-state index in [0.717, 1.165) is 11.6 Å². The SMILES string of the molecule is CS(=O)(=O)c1cccc(NC(=O)COc2cccc3cccnc23)c1. The molecule has 3 aromatic rings. The summed E-state index contributed by atoms with van der Waals surface area (Å²) in [6.07, 6.45) is 2.77. The summed E-state index contributed by atoms with van der Waals surface area (Å²) in [4.78, 5) is 16.5. The zero-order valence-electron chi connectivity index (χ0n) is 13.5. The summed E-state index contributed by atoms with van der Waals surface area (Å²) in [5, 5.41) is 3.54. The van der Waals surface area contributed by atoms with E-state index >= 15 is 0 Å². The van der Waals surface area contributed by atoms with Gasteiger partial charge in [-0.1, -0.05) is 24.3 Å². The molecule has 0 saturated heterocycles. The molecule has 2 aromatic carbocycles. The number of pyridine rings is 1. The van der Waals surface area contributed by atoms with Gasteiger partial charge in [0.05, 0.1) is 4.90 Å². The zero-order valence-corrected chi connectivity index (χ0v) is 14.3. The number of nitrogens with one attached hydrogen (secondary N) is 1. The minimum atomic E-state index is -3.33. The molecule has 0 radical (unpaired) electrons. The second-order valence-electron chi connectivity index (χ2n) is 5.47. The molecule has 7 heteroatoms. The highest BCUT2D eigenvalue weighted by molar-refractivity contribution is 7.90. The van der Waals surface area contributed by atoms with Crippen LogP contribution < -0.4 is 10.1 Å². The number of benzene rings is 2. The van der Waals surface area contributed by atoms with Crippen LogP contribution in [-0.2, 0) is 14.6 Å². The minimum Gasteiger partial charge on any atom is -0.481 e. The molecule has 25 heavy (non-hydrogen) atoms. The number of aromatic nitrogens is 1. The summed E-state index contributed by atoms with van der Waals surface area (Å²) in [5.74, 6) is 0.122. The zero-order chi connectivity index (χ0) is 17.9. The average molecular weight is 356 g/mol. The fourth-order valence-electron chi connectivity index (χ4n) is 2.34. The van der Waals surface area contributed by atoms with Gasteiger partial charge in [0, 0.05) is 23.5 Å². The van der Waals surface area contributed by atoms with Crippen LogP contribution in [0.15, 0.2) is 65.7 Å². The Bertz CT molecular complexity index is 1030. The van der Waals surface area contributed by atoms with Crippen LogP contribution in [0.2, 0.25) is 0 Å². The Hall–Kier alpha value is -2.93. The molecule has 1 aromatic heterocycles. The molecular weight excluding hydrogens is 340 g/mol. The monoisotopic (exact) mass is 356 g/mol. The molecule has 0 aliphatic heterocycles. The summed E-state index contributed by atoms with van der Waals surface area (Å²) in [6.45, 7) is -0.210. The molecule has 1 amide bonds. The highest BCUT2D eigenvalue weighted by Gasteiger charge is 2.10. The van der Waals surface area contributed by atoms with E-state index in [-0.39, 0.29) is 11.5 Å². The Balaban J connectivity index is 1.69. The van der Waals surface area contributed by atoms with Crippen LogP contribution in [0.3, 0.4) is 0 Å². The van der Waals surface area contributed by atoms with E-state index in [9.17, 15) is 13.2 Å². The van der Waals surface area contributed by atoms with Crippen LogP contribution in [0.4, 0.5) is 5.69 Å². The van der Waals surface area contributed by atoms with Crippen LogP contribution in [-0.4, -0.2) is 32.2 Å². The van der Waals surface area contributed by atoms with Gasteiger partial charge in [-0.3, -0.25) is 9.78 Å². The van der Waals surface area contributed by atoms with Crippen LogP contribution in [0.5, 0.6) is 5.75 Å². The quantitative estimate of drug-likeness (QED) is 0.760. The first kappa shape index (κ1) is 16.9. The number of hydrogen-bond acceptors (Lipinski definition) is 5. The van der Waals surface area contributed by atoms with Crippen LogP contribution in [0.25, 0.3) is 10.9 Å². The Kier molecular flexibility index (Phi) is 4.67. The van der Waals surface area contributed by atoms with Crippen molar-refractivity contribution in [2.45, 2.75) is 4.90 Å². The van der Waals surface area contributed by atoms with Gasteiger partial charge in [0.15, 0.2) is 16.4 Å². The molecule has 0 fully saturated rings. The number of ether oxygens (including phenoxy) is 1. The first-order valence-corrected chi connectivity index (χ1v) is 9.39. The number of hydrogen-bond donors (Lipinski definition) is 1. The van der Waals surface area contributed by atoms with Gasteiger partial charge in [-0.25, -0.2) is 8.42 Å². The summed E-state index contributed by atoms with van der Waals surface area (Å²) in [5.41, 5.74) is 1.07. The maximum atomic E-state index is 12.1. The highest BCUT2D eigenvalue weighted by Crippen LogP contribution is 2.23. The van der Waals surface area contributed by atoms with Gasteiger partial charge < -0.3 is 10.1 Å². The lowest BCUT2D eigenvalue weighted by atomic mass is 10.2. The first-order chi connectivity index (χ1) is 11.9. The minimum absolute atomic E-state index is 0.143. The summed E-state index contributed by atoms with van der Waals surface area (Å²) >= 11 is 0. The van der Waals surface area contributed by atoms with E-state index < -0.39 is 15.7 Å². The Morgan fingerprint density at radius 1 is 1.12 bits per heavy atom. The van der Waals surface area contributed by atoms with Crippen molar-refractivity contribution in [2.75, 3.05) is 18.2 Å². The van der Waals surface area contributed by atoms with E-state index in [2.05, 4.69) is 10.3 Å². The van der Waals surface area contributed by atoms with Crippen molar-refractivity contribution in [1.82, 2.24) is 4.98 Å². The van der Waals surface area contributed by atoms with Gasteiger partial charge in [0.25, 0.3) is 5.91 Å². The largest absolute Gasteiger partial charge is 0.481 e. The predicted octanol–water partition coefficient (Wildman–Crippen LogP) is 2.66. The van der Waals surface area contributed by atoms with Gasteiger partial charge in [0.2, 0.25) is 0 Å². The molecule has 0 aliphatic rings. The predicted molar refractivity (Wildman–Crippen MR) is 95.4 cm³/mol. The average Bonchev–Trinajstić information content (AvgIpc) is 2.59.